The summed E-state index contributed by atoms with van der Waals surface area (Å²) in [6.45, 7) is 5.94. The molecule has 140 valence electrons. The number of hydrogen-bond acceptors (Lipinski definition) is 2. The number of carbonyl (C=O) groups excluding carboxylic acids is 1. The molecule has 0 saturated carbocycles. The summed E-state index contributed by atoms with van der Waals surface area (Å²) in [4.78, 5) is 15.2. The van der Waals surface area contributed by atoms with Crippen LogP contribution in [0.4, 0.5) is 0 Å². The van der Waals surface area contributed by atoms with Crippen molar-refractivity contribution in [3.8, 4) is 0 Å². The van der Waals surface area contributed by atoms with E-state index in [9.17, 15) is 4.79 Å². The first-order valence-corrected chi connectivity index (χ1v) is 9.11. The molecule has 3 nitrogen and oxygen atoms in total. The van der Waals surface area contributed by atoms with E-state index in [1.165, 1.54) is 5.56 Å². The standard InChI is InChI=1S/C21H25ClN2O.ClH/c1-21(2,17-9-6-10-18(22)11-17)20(25)24-13-16(12-23)19(14-24)15-7-4-3-5-8-15;/h3-11,16,19H,12-14,23H2,1-2H3;1H/t16-,19+;/m1./s1. The number of benzene rings is 2. The molecule has 1 heterocycles. The molecule has 1 fully saturated rings. The van der Waals surface area contributed by atoms with Gasteiger partial charge in [-0.15, -0.1) is 12.4 Å². The highest BCUT2D eigenvalue weighted by Crippen LogP contribution is 2.36. The van der Waals surface area contributed by atoms with Crippen LogP contribution in [-0.2, 0) is 10.2 Å². The van der Waals surface area contributed by atoms with Crippen molar-refractivity contribution in [1.82, 2.24) is 4.90 Å². The van der Waals surface area contributed by atoms with Crippen molar-refractivity contribution in [3.63, 3.8) is 0 Å². The van der Waals surface area contributed by atoms with E-state index in [0.29, 0.717) is 36.5 Å². The smallest absolute Gasteiger partial charge is 0.232 e. The van der Waals surface area contributed by atoms with E-state index < -0.39 is 5.41 Å². The van der Waals surface area contributed by atoms with Gasteiger partial charge in [0.25, 0.3) is 0 Å². The lowest BCUT2D eigenvalue weighted by molar-refractivity contribution is -0.135. The molecule has 1 aliphatic heterocycles. The van der Waals surface area contributed by atoms with Gasteiger partial charge in [0, 0.05) is 24.0 Å². The highest BCUT2D eigenvalue weighted by Gasteiger charge is 2.41. The minimum atomic E-state index is -0.615. The Balaban J connectivity index is 0.00000243. The first-order valence-electron chi connectivity index (χ1n) is 8.74. The van der Waals surface area contributed by atoms with Crippen molar-refractivity contribution in [2.24, 2.45) is 11.7 Å². The van der Waals surface area contributed by atoms with Gasteiger partial charge in [-0.2, -0.15) is 0 Å². The van der Waals surface area contributed by atoms with E-state index in [1.807, 2.05) is 61.2 Å². The molecule has 2 aromatic rings. The molecule has 1 saturated heterocycles. The normalized spacial score (nSPS) is 19.9. The minimum Gasteiger partial charge on any atom is -0.341 e. The number of nitrogens with zero attached hydrogens (tertiary/aromatic N) is 1. The quantitative estimate of drug-likeness (QED) is 0.845. The van der Waals surface area contributed by atoms with E-state index in [0.717, 1.165) is 5.56 Å². The van der Waals surface area contributed by atoms with Gasteiger partial charge in [0.2, 0.25) is 5.91 Å². The average Bonchev–Trinajstić information content (AvgIpc) is 3.06. The molecule has 0 aromatic heterocycles. The highest BCUT2D eigenvalue weighted by atomic mass is 35.5. The van der Waals surface area contributed by atoms with E-state index in [2.05, 4.69) is 12.1 Å². The lowest BCUT2D eigenvalue weighted by Gasteiger charge is -2.30. The van der Waals surface area contributed by atoms with Crippen molar-refractivity contribution in [3.05, 3.63) is 70.7 Å². The third kappa shape index (κ3) is 4.06. The molecule has 2 N–H and O–H groups in total. The second kappa shape index (κ2) is 8.43. The van der Waals surface area contributed by atoms with Gasteiger partial charge in [-0.25, -0.2) is 0 Å². The fourth-order valence-electron chi connectivity index (χ4n) is 3.75. The highest BCUT2D eigenvalue weighted by molar-refractivity contribution is 6.30. The minimum absolute atomic E-state index is 0. The summed E-state index contributed by atoms with van der Waals surface area (Å²) in [7, 11) is 0. The molecule has 0 spiro atoms. The Morgan fingerprint density at radius 3 is 2.46 bits per heavy atom. The molecule has 2 atom stereocenters. The van der Waals surface area contributed by atoms with Crippen molar-refractivity contribution in [2.75, 3.05) is 19.6 Å². The zero-order valence-corrected chi connectivity index (χ0v) is 16.8. The van der Waals surface area contributed by atoms with Crippen LogP contribution in [0.25, 0.3) is 0 Å². The van der Waals surface area contributed by atoms with Crippen molar-refractivity contribution in [2.45, 2.75) is 25.2 Å². The molecule has 3 rings (SSSR count). The molecular weight excluding hydrogens is 367 g/mol. The van der Waals surface area contributed by atoms with Gasteiger partial charge in [-0.3, -0.25) is 4.79 Å². The Bertz CT molecular complexity index is 749. The molecule has 0 aliphatic carbocycles. The lowest BCUT2D eigenvalue weighted by Crippen LogP contribution is -2.42. The monoisotopic (exact) mass is 392 g/mol. The van der Waals surface area contributed by atoms with Crippen molar-refractivity contribution < 1.29 is 4.79 Å². The third-order valence-corrected chi connectivity index (χ3v) is 5.57. The third-order valence-electron chi connectivity index (χ3n) is 5.34. The van der Waals surface area contributed by atoms with Gasteiger partial charge in [0.1, 0.15) is 0 Å². The summed E-state index contributed by atoms with van der Waals surface area (Å²) in [6.07, 6.45) is 0. The largest absolute Gasteiger partial charge is 0.341 e. The Kier molecular flexibility index (Phi) is 6.73. The van der Waals surface area contributed by atoms with Crippen LogP contribution in [-0.4, -0.2) is 30.4 Å². The zero-order valence-electron chi connectivity index (χ0n) is 15.2. The molecule has 1 aliphatic rings. The first kappa shape index (κ1) is 20.8. The van der Waals surface area contributed by atoms with Crippen LogP contribution in [0.2, 0.25) is 5.02 Å². The lowest BCUT2D eigenvalue weighted by atomic mass is 9.83. The predicted octanol–water partition coefficient (Wildman–Crippen LogP) is 4.24. The molecule has 0 radical (unpaired) electrons. The predicted molar refractivity (Wildman–Crippen MR) is 110 cm³/mol. The second-order valence-corrected chi connectivity index (χ2v) is 7.79. The topological polar surface area (TPSA) is 46.3 Å². The van der Waals surface area contributed by atoms with Crippen LogP contribution < -0.4 is 5.73 Å². The maximum atomic E-state index is 13.3. The first-order chi connectivity index (χ1) is 11.9. The second-order valence-electron chi connectivity index (χ2n) is 7.36. The molecule has 5 heteroatoms. The molecular formula is C21H26Cl2N2O. The Labute approximate surface area is 166 Å². The van der Waals surface area contributed by atoms with E-state index in [-0.39, 0.29) is 18.3 Å². The van der Waals surface area contributed by atoms with Crippen LogP contribution in [0.3, 0.4) is 0 Å². The Hall–Kier alpha value is -1.55. The number of hydrogen-bond donors (Lipinski definition) is 1. The van der Waals surface area contributed by atoms with Crippen molar-refractivity contribution >= 4 is 29.9 Å². The van der Waals surface area contributed by atoms with Gasteiger partial charge in [0.15, 0.2) is 0 Å². The van der Waals surface area contributed by atoms with Gasteiger partial charge in [-0.1, -0.05) is 54.1 Å². The van der Waals surface area contributed by atoms with Crippen molar-refractivity contribution in [1.29, 1.82) is 0 Å². The number of likely N-dealkylation sites (tertiary alicyclic amines) is 1. The fourth-order valence-corrected chi connectivity index (χ4v) is 3.94. The number of nitrogens with two attached hydrogens (primary N) is 1. The number of rotatable bonds is 4. The molecule has 0 bridgehead atoms. The average molecular weight is 393 g/mol. The molecule has 2 aromatic carbocycles. The van der Waals surface area contributed by atoms with Crippen LogP contribution >= 0.6 is 24.0 Å². The molecule has 1 amide bonds. The maximum Gasteiger partial charge on any atom is 0.232 e. The summed E-state index contributed by atoms with van der Waals surface area (Å²) in [5.41, 5.74) is 7.59. The van der Waals surface area contributed by atoms with Crippen LogP contribution in [0.5, 0.6) is 0 Å². The summed E-state index contributed by atoms with van der Waals surface area (Å²) in [5, 5.41) is 0.654. The maximum absolute atomic E-state index is 13.3. The van der Waals surface area contributed by atoms with Crippen LogP contribution in [0.15, 0.2) is 54.6 Å². The van der Waals surface area contributed by atoms with Gasteiger partial charge in [0.05, 0.1) is 5.41 Å². The summed E-state index contributed by atoms with van der Waals surface area (Å²) in [5.74, 6) is 0.721. The van der Waals surface area contributed by atoms with Gasteiger partial charge >= 0.3 is 0 Å². The van der Waals surface area contributed by atoms with Crippen LogP contribution in [0.1, 0.15) is 30.9 Å². The zero-order chi connectivity index (χ0) is 18.0. The van der Waals surface area contributed by atoms with Gasteiger partial charge in [-0.05, 0) is 49.6 Å². The molecule has 0 unspecified atom stereocenters. The number of halogens is 2. The number of carbonyl (C=O) groups is 1. The summed E-state index contributed by atoms with van der Waals surface area (Å²) < 4.78 is 0. The van der Waals surface area contributed by atoms with Gasteiger partial charge < -0.3 is 10.6 Å². The summed E-state index contributed by atoms with van der Waals surface area (Å²) >= 11 is 6.12. The number of amides is 1. The Morgan fingerprint density at radius 1 is 1.15 bits per heavy atom. The van der Waals surface area contributed by atoms with E-state index >= 15 is 0 Å². The SMILES string of the molecule is CC(C)(C(=O)N1C[C@@H](CN)[C@H](c2ccccc2)C1)c1cccc(Cl)c1.Cl. The van der Waals surface area contributed by atoms with Crippen LogP contribution in [0, 0.1) is 5.92 Å². The summed E-state index contributed by atoms with van der Waals surface area (Å²) in [6, 6.07) is 17.9. The van der Waals surface area contributed by atoms with E-state index in [1.54, 1.807) is 0 Å². The fraction of sp³-hybridized carbons (Fsp3) is 0.381. The Morgan fingerprint density at radius 2 is 1.85 bits per heavy atom. The molecule has 26 heavy (non-hydrogen) atoms. The van der Waals surface area contributed by atoms with E-state index in [4.69, 9.17) is 17.3 Å².